The van der Waals surface area contributed by atoms with Crippen LogP contribution in [0.5, 0.6) is 0 Å². The van der Waals surface area contributed by atoms with E-state index >= 15 is 0 Å². The lowest BCUT2D eigenvalue weighted by atomic mass is 9.74. The van der Waals surface area contributed by atoms with E-state index < -0.39 is 29.1 Å². The molecule has 40 heavy (non-hydrogen) atoms. The minimum Gasteiger partial charge on any atom is -0.396 e. The summed E-state index contributed by atoms with van der Waals surface area (Å²) in [7, 11) is 1.74. The third-order valence-electron chi connectivity index (χ3n) is 9.11. The smallest absolute Gasteiger partial charge is 0.253 e. The topological polar surface area (TPSA) is 90.4 Å². The molecular weight excluding hydrogens is 506 g/mol. The largest absolute Gasteiger partial charge is 0.396 e. The Bertz CT molecular complexity index is 1400. The Morgan fingerprint density at radius 3 is 2.42 bits per heavy atom. The van der Waals surface area contributed by atoms with Gasteiger partial charge in [-0.3, -0.25) is 14.4 Å². The van der Waals surface area contributed by atoms with E-state index in [0.29, 0.717) is 32.5 Å². The average molecular weight is 544 g/mol. The number of amides is 3. The summed E-state index contributed by atoms with van der Waals surface area (Å²) in [5, 5.41) is 11.3. The zero-order valence-corrected chi connectivity index (χ0v) is 23.2. The fourth-order valence-electron chi connectivity index (χ4n) is 7.21. The van der Waals surface area contributed by atoms with Crippen LogP contribution in [0.3, 0.4) is 0 Å². The van der Waals surface area contributed by atoms with Crippen molar-refractivity contribution in [2.45, 2.75) is 49.9 Å². The maximum absolute atomic E-state index is 14.6. The fraction of sp³-hybridized carbons (Fsp3) is 0.469. The molecule has 0 saturated carbocycles. The minimum atomic E-state index is -1.25. The molecule has 2 aromatic rings. The molecule has 2 saturated heterocycles. The van der Waals surface area contributed by atoms with Crippen LogP contribution in [0.2, 0.25) is 0 Å². The van der Waals surface area contributed by atoms with Crippen LogP contribution in [0.25, 0.3) is 10.8 Å². The van der Waals surface area contributed by atoms with Gasteiger partial charge in [0.1, 0.15) is 11.6 Å². The van der Waals surface area contributed by atoms with E-state index in [1.807, 2.05) is 73.7 Å². The molecule has 6 rings (SSSR count). The number of carbonyl (C=O) groups is 3. The van der Waals surface area contributed by atoms with Gasteiger partial charge in [0, 0.05) is 39.0 Å². The minimum absolute atomic E-state index is 0.136. The first-order valence-corrected chi connectivity index (χ1v) is 14.3. The van der Waals surface area contributed by atoms with Gasteiger partial charge in [0.2, 0.25) is 11.8 Å². The summed E-state index contributed by atoms with van der Waals surface area (Å²) in [5.74, 6) is -2.06. The third kappa shape index (κ3) is 4.08. The van der Waals surface area contributed by atoms with Gasteiger partial charge in [-0.05, 0) is 42.7 Å². The van der Waals surface area contributed by atoms with Gasteiger partial charge in [-0.15, -0.1) is 0 Å². The quantitative estimate of drug-likeness (QED) is 0.428. The molecule has 3 amide bonds. The number of likely N-dealkylation sites (tertiary alicyclic amines) is 1. The number of carbonyl (C=O) groups excluding carboxylic acids is 3. The first kappa shape index (κ1) is 26.7. The molecule has 4 aliphatic rings. The van der Waals surface area contributed by atoms with Crippen LogP contribution in [-0.2, 0) is 19.1 Å². The highest BCUT2D eigenvalue weighted by molar-refractivity contribution is 6.06. The number of anilines is 1. The number of aliphatic hydroxyl groups is 1. The lowest BCUT2D eigenvalue weighted by Crippen LogP contribution is -2.56. The number of likely N-dealkylation sites (N-methyl/N-ethyl adjacent to an activating group) is 1. The van der Waals surface area contributed by atoms with Crippen LogP contribution in [0.4, 0.5) is 5.69 Å². The molecular formula is C32H37N3O5. The lowest BCUT2D eigenvalue weighted by molar-refractivity contribution is -0.148. The number of nitrogens with zero attached hydrogens (tertiary/aromatic N) is 3. The van der Waals surface area contributed by atoms with Crippen molar-refractivity contribution in [3.05, 3.63) is 66.8 Å². The number of hydrogen-bond acceptors (Lipinski definition) is 5. The Hall–Kier alpha value is -3.49. The van der Waals surface area contributed by atoms with Crippen molar-refractivity contribution in [2.75, 3.05) is 38.2 Å². The van der Waals surface area contributed by atoms with Crippen LogP contribution in [0.15, 0.2) is 66.8 Å². The standard InChI is InChI=1S/C32H37N3O5/c1-31-15-9-17-33(2)28(37)25(31)26-29(38)35(18-7-3-4-8-20-36)27-30(39)34(19-10-16-32(26,27)40-31)24-14-13-22-11-5-6-12-23(22)21-24/h5-6,9-16,21,25-27,36H,3-4,7-8,17-20H2,1-2H3/t25-,26+,27?,31+,32+/m1/s1. The molecule has 0 aromatic heterocycles. The van der Waals surface area contributed by atoms with E-state index in [0.717, 1.165) is 29.3 Å². The van der Waals surface area contributed by atoms with Crippen LogP contribution >= 0.6 is 0 Å². The first-order chi connectivity index (χ1) is 19.3. The van der Waals surface area contributed by atoms with E-state index in [9.17, 15) is 19.5 Å². The predicted molar refractivity (Wildman–Crippen MR) is 152 cm³/mol. The normalized spacial score (nSPS) is 31.4. The molecule has 2 aromatic carbocycles. The van der Waals surface area contributed by atoms with E-state index in [2.05, 4.69) is 0 Å². The molecule has 1 spiro atoms. The van der Waals surface area contributed by atoms with Gasteiger partial charge < -0.3 is 24.5 Å². The summed E-state index contributed by atoms with van der Waals surface area (Å²) in [4.78, 5) is 47.6. The number of hydrogen-bond donors (Lipinski definition) is 1. The number of benzene rings is 2. The van der Waals surface area contributed by atoms with Gasteiger partial charge in [-0.2, -0.15) is 0 Å². The maximum atomic E-state index is 14.6. The fourth-order valence-corrected chi connectivity index (χ4v) is 7.21. The molecule has 5 atom stereocenters. The Morgan fingerprint density at radius 1 is 0.875 bits per heavy atom. The summed E-state index contributed by atoms with van der Waals surface area (Å²) in [6.45, 7) is 3.19. The van der Waals surface area contributed by atoms with Crippen LogP contribution in [0, 0.1) is 11.8 Å². The molecule has 1 unspecified atom stereocenters. The second-order valence-electron chi connectivity index (χ2n) is 11.7. The molecule has 8 heteroatoms. The number of ether oxygens (including phenoxy) is 1. The summed E-state index contributed by atoms with van der Waals surface area (Å²) in [6.07, 6.45) is 10.7. The molecule has 210 valence electrons. The summed E-state index contributed by atoms with van der Waals surface area (Å²) in [6, 6.07) is 13.1. The van der Waals surface area contributed by atoms with Crippen molar-refractivity contribution < 1.29 is 24.2 Å². The highest BCUT2D eigenvalue weighted by Crippen LogP contribution is 2.57. The molecule has 0 bridgehead atoms. The third-order valence-corrected chi connectivity index (χ3v) is 9.11. The molecule has 0 radical (unpaired) electrons. The van der Waals surface area contributed by atoms with Gasteiger partial charge in [0.15, 0.2) is 0 Å². The second-order valence-corrected chi connectivity index (χ2v) is 11.7. The highest BCUT2D eigenvalue weighted by Gasteiger charge is 2.74. The van der Waals surface area contributed by atoms with Gasteiger partial charge >= 0.3 is 0 Å². The van der Waals surface area contributed by atoms with Crippen molar-refractivity contribution in [1.82, 2.24) is 9.80 Å². The number of unbranched alkanes of at least 4 members (excludes halogenated alkanes) is 3. The average Bonchev–Trinajstić information content (AvgIpc) is 3.22. The van der Waals surface area contributed by atoms with Crippen LogP contribution in [-0.4, -0.2) is 83.2 Å². The number of aliphatic hydroxyl groups excluding tert-OH is 1. The Balaban J connectivity index is 1.42. The Morgan fingerprint density at radius 2 is 1.62 bits per heavy atom. The van der Waals surface area contributed by atoms with E-state index in [1.54, 1.807) is 21.7 Å². The molecule has 4 aliphatic heterocycles. The number of fused-ring (bicyclic) bond motifs is 3. The van der Waals surface area contributed by atoms with Gasteiger partial charge in [0.05, 0.1) is 17.4 Å². The van der Waals surface area contributed by atoms with E-state index in [1.165, 1.54) is 0 Å². The summed E-state index contributed by atoms with van der Waals surface area (Å²) in [5.41, 5.74) is -1.49. The van der Waals surface area contributed by atoms with Crippen molar-refractivity contribution in [3.63, 3.8) is 0 Å². The SMILES string of the molecule is CN1CC=C[C@]2(C)O[C@]34C=CCN(c5ccc6ccccc6c5)C(=O)C3N(CCCCCCO)C(=O)[C@@H]4[C@@H]2C1=O. The van der Waals surface area contributed by atoms with Crippen molar-refractivity contribution in [2.24, 2.45) is 11.8 Å². The molecule has 4 heterocycles. The predicted octanol–water partition coefficient (Wildman–Crippen LogP) is 3.29. The summed E-state index contributed by atoms with van der Waals surface area (Å²) < 4.78 is 6.85. The second kappa shape index (κ2) is 10.2. The van der Waals surface area contributed by atoms with Gasteiger partial charge in [-0.25, -0.2) is 0 Å². The van der Waals surface area contributed by atoms with Gasteiger partial charge in [0.25, 0.3) is 5.91 Å². The molecule has 0 aliphatic carbocycles. The van der Waals surface area contributed by atoms with Crippen LogP contribution in [0.1, 0.15) is 32.6 Å². The van der Waals surface area contributed by atoms with E-state index in [-0.39, 0.29) is 24.3 Å². The van der Waals surface area contributed by atoms with Crippen molar-refractivity contribution >= 4 is 34.2 Å². The zero-order valence-electron chi connectivity index (χ0n) is 23.2. The maximum Gasteiger partial charge on any atom is 0.253 e. The Kier molecular flexibility index (Phi) is 6.79. The molecule has 8 nitrogen and oxygen atoms in total. The van der Waals surface area contributed by atoms with Crippen molar-refractivity contribution in [1.29, 1.82) is 0 Å². The first-order valence-electron chi connectivity index (χ1n) is 14.3. The highest BCUT2D eigenvalue weighted by atomic mass is 16.5. The van der Waals surface area contributed by atoms with E-state index in [4.69, 9.17) is 4.74 Å². The Labute approximate surface area is 234 Å². The lowest BCUT2D eigenvalue weighted by Gasteiger charge is -2.37. The van der Waals surface area contributed by atoms with Gasteiger partial charge in [-0.1, -0.05) is 67.5 Å². The monoisotopic (exact) mass is 543 g/mol. The number of rotatable bonds is 7. The van der Waals surface area contributed by atoms with Crippen LogP contribution < -0.4 is 4.90 Å². The molecule has 2 fully saturated rings. The van der Waals surface area contributed by atoms with Crippen molar-refractivity contribution in [3.8, 4) is 0 Å². The zero-order chi connectivity index (χ0) is 28.1. The molecule has 1 N–H and O–H groups in total. The summed E-state index contributed by atoms with van der Waals surface area (Å²) >= 11 is 0.